The van der Waals surface area contributed by atoms with Crippen molar-refractivity contribution in [2.45, 2.75) is 6.92 Å². The molecule has 0 saturated heterocycles. The molecule has 0 saturated carbocycles. The van der Waals surface area contributed by atoms with Crippen LogP contribution in [0.4, 0.5) is 0 Å². The van der Waals surface area contributed by atoms with Gasteiger partial charge in [-0.15, -0.1) is 0 Å². The number of carbonyl (C=O) groups excluding carboxylic acids is 1. The van der Waals surface area contributed by atoms with E-state index in [9.17, 15) is 4.79 Å². The van der Waals surface area contributed by atoms with Crippen LogP contribution in [-0.4, -0.2) is 15.6 Å². The average Bonchev–Trinajstić information content (AvgIpc) is 2.95. The first-order valence-corrected chi connectivity index (χ1v) is 5.68. The number of benzene rings is 1. The van der Waals surface area contributed by atoms with Gasteiger partial charge in [-0.3, -0.25) is 9.48 Å². The predicted molar refractivity (Wildman–Crippen MR) is 67.6 cm³/mol. The van der Waals surface area contributed by atoms with Crippen LogP contribution in [-0.2, 0) is 7.05 Å². The highest BCUT2D eigenvalue weighted by molar-refractivity contribution is 6.08. The van der Waals surface area contributed by atoms with Gasteiger partial charge in [0.05, 0.1) is 0 Å². The molecule has 2 aromatic heterocycles. The minimum Gasteiger partial charge on any atom is -0.452 e. The molecule has 90 valence electrons. The molecule has 0 aliphatic heterocycles. The molecule has 4 heteroatoms. The molecule has 2 heterocycles. The summed E-state index contributed by atoms with van der Waals surface area (Å²) in [6.45, 7) is 1.96. The van der Waals surface area contributed by atoms with Crippen molar-refractivity contribution in [3.63, 3.8) is 0 Å². The first kappa shape index (κ1) is 10.8. The SMILES string of the molecule is Cc1cccc2cc(C(=O)c3ccnn3C)oc12. The highest BCUT2D eigenvalue weighted by atomic mass is 16.3. The van der Waals surface area contributed by atoms with Crippen molar-refractivity contribution < 1.29 is 9.21 Å². The lowest BCUT2D eigenvalue weighted by Crippen LogP contribution is -2.07. The van der Waals surface area contributed by atoms with E-state index >= 15 is 0 Å². The van der Waals surface area contributed by atoms with Gasteiger partial charge in [-0.2, -0.15) is 5.10 Å². The highest BCUT2D eigenvalue weighted by Crippen LogP contribution is 2.24. The van der Waals surface area contributed by atoms with Crippen LogP contribution in [0.5, 0.6) is 0 Å². The maximum Gasteiger partial charge on any atom is 0.246 e. The highest BCUT2D eigenvalue weighted by Gasteiger charge is 2.17. The average molecular weight is 240 g/mol. The van der Waals surface area contributed by atoms with Crippen molar-refractivity contribution in [3.8, 4) is 0 Å². The molecule has 0 fully saturated rings. The molecule has 0 spiro atoms. The van der Waals surface area contributed by atoms with Gasteiger partial charge in [0.15, 0.2) is 5.76 Å². The van der Waals surface area contributed by atoms with Crippen molar-refractivity contribution in [3.05, 3.63) is 53.5 Å². The molecule has 4 nitrogen and oxygen atoms in total. The zero-order valence-corrected chi connectivity index (χ0v) is 10.2. The minimum absolute atomic E-state index is 0.148. The molecule has 0 bridgehead atoms. The number of ketones is 1. The Kier molecular flexibility index (Phi) is 2.30. The Balaban J connectivity index is 2.13. The fraction of sp³-hybridized carbons (Fsp3) is 0.143. The standard InChI is InChI=1S/C14H12N2O2/c1-9-4-3-5-10-8-12(18-14(9)10)13(17)11-6-7-15-16(11)2/h3-8H,1-2H3. The Morgan fingerprint density at radius 2 is 2.17 bits per heavy atom. The molecular formula is C14H12N2O2. The van der Waals surface area contributed by atoms with Gasteiger partial charge in [-0.05, 0) is 24.6 Å². The van der Waals surface area contributed by atoms with Gasteiger partial charge in [0.1, 0.15) is 11.3 Å². The van der Waals surface area contributed by atoms with Crippen LogP contribution in [0.15, 0.2) is 40.9 Å². The summed E-state index contributed by atoms with van der Waals surface area (Å²) < 4.78 is 7.19. The Labute approximate surface area is 104 Å². The van der Waals surface area contributed by atoms with Gasteiger partial charge in [0.25, 0.3) is 0 Å². The number of nitrogens with zero attached hydrogens (tertiary/aromatic N) is 2. The number of aryl methyl sites for hydroxylation is 2. The van der Waals surface area contributed by atoms with Gasteiger partial charge in [0, 0.05) is 18.6 Å². The second-order valence-electron chi connectivity index (χ2n) is 4.27. The van der Waals surface area contributed by atoms with Crippen LogP contribution in [0, 0.1) is 6.92 Å². The van der Waals surface area contributed by atoms with Crippen LogP contribution in [0.2, 0.25) is 0 Å². The molecule has 0 N–H and O–H groups in total. The lowest BCUT2D eigenvalue weighted by molar-refractivity contribution is 0.100. The minimum atomic E-state index is -0.148. The molecule has 18 heavy (non-hydrogen) atoms. The molecule has 0 atom stereocenters. The van der Waals surface area contributed by atoms with Crippen LogP contribution in [0.3, 0.4) is 0 Å². The van der Waals surface area contributed by atoms with Crippen molar-refractivity contribution in [2.75, 3.05) is 0 Å². The summed E-state index contributed by atoms with van der Waals surface area (Å²) in [4.78, 5) is 12.3. The van der Waals surface area contributed by atoms with E-state index < -0.39 is 0 Å². The molecule has 0 aliphatic carbocycles. The van der Waals surface area contributed by atoms with Crippen LogP contribution >= 0.6 is 0 Å². The number of hydrogen-bond donors (Lipinski definition) is 0. The lowest BCUT2D eigenvalue weighted by Gasteiger charge is -1.97. The maximum absolute atomic E-state index is 12.3. The van der Waals surface area contributed by atoms with E-state index in [0.29, 0.717) is 11.5 Å². The topological polar surface area (TPSA) is 48.0 Å². The van der Waals surface area contributed by atoms with E-state index in [1.165, 1.54) is 0 Å². The Morgan fingerprint density at radius 1 is 1.33 bits per heavy atom. The largest absolute Gasteiger partial charge is 0.452 e. The summed E-state index contributed by atoms with van der Waals surface area (Å²) in [6, 6.07) is 9.31. The summed E-state index contributed by atoms with van der Waals surface area (Å²) in [7, 11) is 1.74. The maximum atomic E-state index is 12.3. The summed E-state index contributed by atoms with van der Waals surface area (Å²) in [5.41, 5.74) is 2.31. The molecule has 0 radical (unpaired) electrons. The smallest absolute Gasteiger partial charge is 0.246 e. The third kappa shape index (κ3) is 1.54. The van der Waals surface area contributed by atoms with Crippen LogP contribution in [0.25, 0.3) is 11.0 Å². The quantitative estimate of drug-likeness (QED) is 0.647. The summed E-state index contributed by atoms with van der Waals surface area (Å²) in [6.07, 6.45) is 1.60. The second-order valence-corrected chi connectivity index (χ2v) is 4.27. The predicted octanol–water partition coefficient (Wildman–Crippen LogP) is 2.71. The summed E-state index contributed by atoms with van der Waals surface area (Å²) in [5, 5.41) is 4.93. The first-order chi connectivity index (χ1) is 8.66. The second kappa shape index (κ2) is 3.84. The van der Waals surface area contributed by atoms with Crippen molar-refractivity contribution in [1.82, 2.24) is 9.78 Å². The third-order valence-electron chi connectivity index (χ3n) is 3.02. The Bertz CT molecular complexity index is 737. The molecule has 3 rings (SSSR count). The zero-order valence-electron chi connectivity index (χ0n) is 10.2. The molecule has 0 aliphatic rings. The number of aromatic nitrogens is 2. The fourth-order valence-electron chi connectivity index (χ4n) is 2.04. The zero-order chi connectivity index (χ0) is 12.7. The Morgan fingerprint density at radius 3 is 2.83 bits per heavy atom. The van der Waals surface area contributed by atoms with Gasteiger partial charge < -0.3 is 4.42 Å². The van der Waals surface area contributed by atoms with Gasteiger partial charge >= 0.3 is 0 Å². The van der Waals surface area contributed by atoms with Gasteiger partial charge in [-0.25, -0.2) is 0 Å². The molecule has 3 aromatic rings. The molecule has 0 unspecified atom stereocenters. The van der Waals surface area contributed by atoms with Crippen molar-refractivity contribution in [1.29, 1.82) is 0 Å². The van der Waals surface area contributed by atoms with E-state index in [4.69, 9.17) is 4.42 Å². The fourth-order valence-corrected chi connectivity index (χ4v) is 2.04. The monoisotopic (exact) mass is 240 g/mol. The normalized spacial score (nSPS) is 11.0. The Hall–Kier alpha value is -2.36. The lowest BCUT2D eigenvalue weighted by atomic mass is 10.1. The summed E-state index contributed by atoms with van der Waals surface area (Å²) >= 11 is 0. The van der Waals surface area contributed by atoms with E-state index in [2.05, 4.69) is 5.10 Å². The van der Waals surface area contributed by atoms with Gasteiger partial charge in [0.2, 0.25) is 5.78 Å². The van der Waals surface area contributed by atoms with E-state index in [1.54, 1.807) is 30.1 Å². The molecule has 0 amide bonds. The summed E-state index contributed by atoms with van der Waals surface area (Å²) in [5.74, 6) is 0.202. The number of carbonyl (C=O) groups is 1. The van der Waals surface area contributed by atoms with Crippen molar-refractivity contribution in [2.24, 2.45) is 7.05 Å². The van der Waals surface area contributed by atoms with Crippen molar-refractivity contribution >= 4 is 16.8 Å². The van der Waals surface area contributed by atoms with Crippen LogP contribution < -0.4 is 0 Å². The number of para-hydroxylation sites is 1. The number of fused-ring (bicyclic) bond motifs is 1. The molecule has 1 aromatic carbocycles. The first-order valence-electron chi connectivity index (χ1n) is 5.68. The van der Waals surface area contributed by atoms with Gasteiger partial charge in [-0.1, -0.05) is 18.2 Å². The van der Waals surface area contributed by atoms with E-state index in [1.807, 2.05) is 25.1 Å². The van der Waals surface area contributed by atoms with E-state index in [0.717, 1.165) is 16.5 Å². The third-order valence-corrected chi connectivity index (χ3v) is 3.02. The van der Waals surface area contributed by atoms with E-state index in [-0.39, 0.29) is 5.78 Å². The number of rotatable bonds is 2. The number of furan rings is 1. The van der Waals surface area contributed by atoms with Crippen LogP contribution in [0.1, 0.15) is 21.8 Å². The molecular weight excluding hydrogens is 228 g/mol. The number of hydrogen-bond acceptors (Lipinski definition) is 3.